The molecule has 1 fully saturated rings. The number of rotatable bonds is 7. The molecule has 144 valence electrons. The average Bonchev–Trinajstić information content (AvgIpc) is 3.22. The monoisotopic (exact) mass is 374 g/mol. The Morgan fingerprint density at radius 3 is 2.46 bits per heavy atom. The zero-order valence-corrected chi connectivity index (χ0v) is 16.3. The van der Waals surface area contributed by atoms with Crippen LogP contribution in [0.3, 0.4) is 0 Å². The maximum absolute atomic E-state index is 5.84. The Morgan fingerprint density at radius 2 is 1.75 bits per heavy atom. The molecule has 1 aromatic heterocycles. The largest absolute Gasteiger partial charge is 0.497 e. The molecule has 0 unspecified atom stereocenters. The smallest absolute Gasteiger partial charge is 0.130 e. The lowest BCUT2D eigenvalue weighted by molar-refractivity contribution is 0.248. The first-order valence-corrected chi connectivity index (χ1v) is 9.81. The highest BCUT2D eigenvalue weighted by molar-refractivity contribution is 5.31. The predicted molar refractivity (Wildman–Crippen MR) is 110 cm³/mol. The van der Waals surface area contributed by atoms with Crippen LogP contribution in [0.5, 0.6) is 11.5 Å². The molecule has 4 heteroatoms. The van der Waals surface area contributed by atoms with Crippen molar-refractivity contribution in [1.82, 2.24) is 9.88 Å². The van der Waals surface area contributed by atoms with Gasteiger partial charge in [0, 0.05) is 18.8 Å². The van der Waals surface area contributed by atoms with Crippen LogP contribution >= 0.6 is 0 Å². The molecule has 0 bridgehead atoms. The van der Waals surface area contributed by atoms with E-state index in [0.29, 0.717) is 12.6 Å². The average molecular weight is 374 g/mol. The van der Waals surface area contributed by atoms with Gasteiger partial charge in [-0.2, -0.15) is 0 Å². The van der Waals surface area contributed by atoms with Gasteiger partial charge in [0.25, 0.3) is 0 Å². The van der Waals surface area contributed by atoms with E-state index >= 15 is 0 Å². The van der Waals surface area contributed by atoms with Crippen LogP contribution in [0.4, 0.5) is 0 Å². The van der Waals surface area contributed by atoms with Crippen molar-refractivity contribution < 1.29 is 9.47 Å². The highest BCUT2D eigenvalue weighted by Gasteiger charge is 2.25. The summed E-state index contributed by atoms with van der Waals surface area (Å²) in [7, 11) is 1.71. The van der Waals surface area contributed by atoms with Crippen molar-refractivity contribution in [3.63, 3.8) is 0 Å². The number of nitrogens with zero attached hydrogens (tertiary/aromatic N) is 2. The molecule has 1 aliphatic heterocycles. The summed E-state index contributed by atoms with van der Waals surface area (Å²) in [6, 6.07) is 23.3. The van der Waals surface area contributed by atoms with Crippen molar-refractivity contribution in [3.8, 4) is 11.5 Å². The fourth-order valence-electron chi connectivity index (χ4n) is 3.79. The third-order valence-electron chi connectivity index (χ3n) is 5.29. The second-order valence-corrected chi connectivity index (χ2v) is 7.16. The first-order chi connectivity index (χ1) is 13.8. The molecular weight excluding hydrogens is 348 g/mol. The minimum absolute atomic E-state index is 0.478. The summed E-state index contributed by atoms with van der Waals surface area (Å²) in [6.07, 6.45) is 4.23. The highest BCUT2D eigenvalue weighted by Crippen LogP contribution is 2.34. The van der Waals surface area contributed by atoms with Crippen molar-refractivity contribution in [1.29, 1.82) is 0 Å². The molecule has 0 N–H and O–H groups in total. The fraction of sp³-hybridized carbons (Fsp3) is 0.292. The number of likely N-dealkylation sites (tertiary alicyclic amines) is 1. The third-order valence-corrected chi connectivity index (χ3v) is 5.29. The van der Waals surface area contributed by atoms with Gasteiger partial charge in [-0.15, -0.1) is 0 Å². The zero-order valence-electron chi connectivity index (χ0n) is 16.3. The summed E-state index contributed by atoms with van der Waals surface area (Å²) >= 11 is 0. The molecule has 0 amide bonds. The first-order valence-electron chi connectivity index (χ1n) is 9.81. The van der Waals surface area contributed by atoms with E-state index in [1.807, 2.05) is 18.2 Å². The molecule has 3 aromatic rings. The van der Waals surface area contributed by atoms with Crippen LogP contribution in [-0.2, 0) is 13.2 Å². The van der Waals surface area contributed by atoms with E-state index in [0.717, 1.165) is 30.3 Å². The molecule has 4 rings (SSSR count). The molecule has 4 nitrogen and oxygen atoms in total. The summed E-state index contributed by atoms with van der Waals surface area (Å²) in [4.78, 5) is 6.85. The summed E-state index contributed by atoms with van der Waals surface area (Å²) < 4.78 is 11.1. The molecule has 1 saturated heterocycles. The molecular formula is C24H26N2O2. The van der Waals surface area contributed by atoms with Crippen LogP contribution in [0, 0.1) is 0 Å². The van der Waals surface area contributed by atoms with Gasteiger partial charge in [0.05, 0.1) is 12.8 Å². The highest BCUT2D eigenvalue weighted by atomic mass is 16.5. The van der Waals surface area contributed by atoms with Gasteiger partial charge in [-0.05, 0) is 66.9 Å². The summed E-state index contributed by atoms with van der Waals surface area (Å²) in [5.41, 5.74) is 3.62. The molecule has 1 aliphatic rings. The quantitative estimate of drug-likeness (QED) is 0.582. The number of aromatic nitrogens is 1. The Bertz CT molecular complexity index is 863. The van der Waals surface area contributed by atoms with Crippen molar-refractivity contribution in [2.75, 3.05) is 13.7 Å². The van der Waals surface area contributed by atoms with Crippen LogP contribution in [0.15, 0.2) is 72.9 Å². The topological polar surface area (TPSA) is 34.6 Å². The van der Waals surface area contributed by atoms with Crippen molar-refractivity contribution in [3.05, 3.63) is 89.7 Å². The molecule has 0 spiro atoms. The van der Waals surface area contributed by atoms with Gasteiger partial charge < -0.3 is 9.47 Å². The number of hydrogen-bond donors (Lipinski definition) is 0. The van der Waals surface area contributed by atoms with Gasteiger partial charge in [-0.3, -0.25) is 9.88 Å². The third kappa shape index (κ3) is 4.52. The molecule has 28 heavy (non-hydrogen) atoms. The Morgan fingerprint density at radius 1 is 0.964 bits per heavy atom. The van der Waals surface area contributed by atoms with Gasteiger partial charge >= 0.3 is 0 Å². The van der Waals surface area contributed by atoms with Crippen LogP contribution in [0.1, 0.15) is 35.7 Å². The zero-order chi connectivity index (χ0) is 19.2. The predicted octanol–water partition coefficient (Wildman–Crippen LogP) is 5.01. The SMILES string of the molecule is COc1ccc([C@@H]2CCCN2Cc2ccc(OCc3ccccn3)cc2)cc1. The van der Waals surface area contributed by atoms with Crippen molar-refractivity contribution in [2.24, 2.45) is 0 Å². The maximum atomic E-state index is 5.84. The molecule has 0 saturated carbocycles. The van der Waals surface area contributed by atoms with E-state index < -0.39 is 0 Å². The summed E-state index contributed by atoms with van der Waals surface area (Å²) in [6.45, 7) is 2.58. The Kier molecular flexibility index (Phi) is 5.88. The van der Waals surface area contributed by atoms with Crippen molar-refractivity contribution in [2.45, 2.75) is 32.0 Å². The summed E-state index contributed by atoms with van der Waals surface area (Å²) in [5, 5.41) is 0. The lowest BCUT2D eigenvalue weighted by atomic mass is 10.0. The van der Waals surface area contributed by atoms with Crippen molar-refractivity contribution >= 4 is 0 Å². The number of hydrogen-bond acceptors (Lipinski definition) is 4. The number of pyridine rings is 1. The molecule has 2 heterocycles. The van der Waals surface area contributed by atoms with E-state index in [9.17, 15) is 0 Å². The lowest BCUT2D eigenvalue weighted by Gasteiger charge is -2.25. The second kappa shape index (κ2) is 8.89. The number of benzene rings is 2. The Labute approximate surface area is 166 Å². The van der Waals surface area contributed by atoms with Gasteiger partial charge in [0.1, 0.15) is 18.1 Å². The standard InChI is InChI=1S/C24H26N2O2/c1-27-22-13-9-20(10-14-22)24-6-4-16-26(24)17-19-7-11-23(12-8-19)28-18-21-5-2-3-15-25-21/h2-3,5,7-15,24H,4,6,16-18H2,1H3/t24-/m0/s1. The molecule has 0 radical (unpaired) electrons. The van der Waals surface area contributed by atoms with E-state index in [4.69, 9.17) is 9.47 Å². The minimum atomic E-state index is 0.478. The van der Waals surface area contributed by atoms with Crippen LogP contribution in [0.2, 0.25) is 0 Å². The summed E-state index contributed by atoms with van der Waals surface area (Å²) in [5.74, 6) is 1.79. The van der Waals surface area contributed by atoms with E-state index in [1.165, 1.54) is 24.0 Å². The van der Waals surface area contributed by atoms with Gasteiger partial charge in [0.2, 0.25) is 0 Å². The van der Waals surface area contributed by atoms with E-state index in [2.05, 4.69) is 58.4 Å². The van der Waals surface area contributed by atoms with Gasteiger partial charge in [-0.1, -0.05) is 30.3 Å². The van der Waals surface area contributed by atoms with Gasteiger partial charge in [-0.25, -0.2) is 0 Å². The second-order valence-electron chi connectivity index (χ2n) is 7.16. The van der Waals surface area contributed by atoms with Crippen LogP contribution < -0.4 is 9.47 Å². The first kappa shape index (κ1) is 18.5. The van der Waals surface area contributed by atoms with Gasteiger partial charge in [0.15, 0.2) is 0 Å². The fourth-order valence-corrected chi connectivity index (χ4v) is 3.79. The number of methoxy groups -OCH3 is 1. The number of ether oxygens (including phenoxy) is 2. The molecule has 2 aromatic carbocycles. The lowest BCUT2D eigenvalue weighted by Crippen LogP contribution is -2.22. The van der Waals surface area contributed by atoms with Crippen LogP contribution in [-0.4, -0.2) is 23.5 Å². The Hall–Kier alpha value is -2.85. The van der Waals surface area contributed by atoms with Crippen LogP contribution in [0.25, 0.3) is 0 Å². The van der Waals surface area contributed by atoms with E-state index in [1.54, 1.807) is 13.3 Å². The van der Waals surface area contributed by atoms with E-state index in [-0.39, 0.29) is 0 Å². The normalized spacial score (nSPS) is 16.8. The molecule has 1 atom stereocenters. The Balaban J connectivity index is 1.36. The molecule has 0 aliphatic carbocycles. The maximum Gasteiger partial charge on any atom is 0.130 e. The minimum Gasteiger partial charge on any atom is -0.497 e.